The summed E-state index contributed by atoms with van der Waals surface area (Å²) < 4.78 is 45.6. The van der Waals surface area contributed by atoms with Gasteiger partial charge in [0.25, 0.3) is 5.91 Å². The molecule has 8 heteroatoms. The minimum Gasteiger partial charge on any atom is -0.379 e. The molecule has 2 aromatic rings. The number of benzene rings is 2. The minimum atomic E-state index is -3.81. The number of halogens is 1. The van der Waals surface area contributed by atoms with Crippen LogP contribution in [0.15, 0.2) is 47.4 Å². The highest BCUT2D eigenvalue weighted by molar-refractivity contribution is 7.89. The van der Waals surface area contributed by atoms with Crippen molar-refractivity contribution < 1.29 is 22.3 Å². The highest BCUT2D eigenvalue weighted by atomic mass is 32.2. The second-order valence-corrected chi connectivity index (χ2v) is 7.83. The van der Waals surface area contributed by atoms with Crippen LogP contribution in [0.25, 0.3) is 0 Å². The fraction of sp³-hybridized carbons (Fsp3) is 0.278. The Labute approximate surface area is 151 Å². The van der Waals surface area contributed by atoms with Crippen LogP contribution in [-0.2, 0) is 14.8 Å². The molecule has 3 rings (SSSR count). The van der Waals surface area contributed by atoms with Crippen LogP contribution in [0.2, 0.25) is 0 Å². The number of morpholine rings is 1. The van der Waals surface area contributed by atoms with Gasteiger partial charge in [-0.25, -0.2) is 12.8 Å². The lowest BCUT2D eigenvalue weighted by Gasteiger charge is -2.26. The highest BCUT2D eigenvalue weighted by Crippen LogP contribution is 2.23. The normalized spacial score (nSPS) is 15.6. The summed E-state index contributed by atoms with van der Waals surface area (Å²) >= 11 is 0. The summed E-state index contributed by atoms with van der Waals surface area (Å²) in [7, 11) is -3.81. The molecule has 0 aliphatic carbocycles. The number of sulfonamides is 1. The molecule has 0 unspecified atom stereocenters. The SMILES string of the molecule is Cc1cc(F)ccc1NC(=O)c1ccccc1S(=O)(=O)N1CCOCC1. The second kappa shape index (κ2) is 7.53. The first kappa shape index (κ1) is 18.5. The highest BCUT2D eigenvalue weighted by Gasteiger charge is 2.30. The average Bonchev–Trinajstić information content (AvgIpc) is 2.64. The second-order valence-electron chi connectivity index (χ2n) is 5.93. The van der Waals surface area contributed by atoms with Crippen molar-refractivity contribution in [3.8, 4) is 0 Å². The zero-order valence-electron chi connectivity index (χ0n) is 14.2. The van der Waals surface area contributed by atoms with Crippen molar-refractivity contribution in [2.45, 2.75) is 11.8 Å². The van der Waals surface area contributed by atoms with Crippen LogP contribution in [-0.4, -0.2) is 44.9 Å². The molecule has 0 saturated carbocycles. The molecule has 1 saturated heterocycles. The van der Waals surface area contributed by atoms with Crippen LogP contribution in [0.4, 0.5) is 10.1 Å². The van der Waals surface area contributed by atoms with Crippen molar-refractivity contribution >= 4 is 21.6 Å². The van der Waals surface area contributed by atoms with Gasteiger partial charge in [0, 0.05) is 18.8 Å². The molecule has 0 spiro atoms. The Hall–Kier alpha value is -2.29. The molecule has 0 atom stereocenters. The molecule has 0 bridgehead atoms. The fourth-order valence-electron chi connectivity index (χ4n) is 2.76. The number of amides is 1. The Morgan fingerprint density at radius 3 is 2.54 bits per heavy atom. The summed E-state index contributed by atoms with van der Waals surface area (Å²) in [6, 6.07) is 10.0. The summed E-state index contributed by atoms with van der Waals surface area (Å²) in [6.45, 7) is 2.80. The number of carbonyl (C=O) groups excluding carboxylic acids is 1. The van der Waals surface area contributed by atoms with Crippen LogP contribution < -0.4 is 5.32 Å². The summed E-state index contributed by atoms with van der Waals surface area (Å²) in [5.74, 6) is -0.970. The van der Waals surface area contributed by atoms with E-state index in [-0.39, 0.29) is 23.5 Å². The van der Waals surface area contributed by atoms with Crippen molar-refractivity contribution in [1.29, 1.82) is 0 Å². The maximum Gasteiger partial charge on any atom is 0.257 e. The van der Waals surface area contributed by atoms with E-state index < -0.39 is 21.7 Å². The lowest BCUT2D eigenvalue weighted by atomic mass is 10.1. The zero-order valence-corrected chi connectivity index (χ0v) is 15.1. The fourth-order valence-corrected chi connectivity index (χ4v) is 4.36. The molecule has 1 N–H and O–H groups in total. The predicted octanol–water partition coefficient (Wildman–Crippen LogP) is 2.41. The van der Waals surface area contributed by atoms with Crippen LogP contribution >= 0.6 is 0 Å². The molecule has 26 heavy (non-hydrogen) atoms. The zero-order chi connectivity index (χ0) is 18.7. The minimum absolute atomic E-state index is 0.0442. The summed E-state index contributed by atoms with van der Waals surface area (Å²) in [5, 5.41) is 2.66. The van der Waals surface area contributed by atoms with E-state index in [1.165, 1.54) is 34.6 Å². The molecule has 138 valence electrons. The Balaban J connectivity index is 1.92. The van der Waals surface area contributed by atoms with Gasteiger partial charge < -0.3 is 10.1 Å². The van der Waals surface area contributed by atoms with E-state index in [2.05, 4.69) is 5.32 Å². The third kappa shape index (κ3) is 3.77. The van der Waals surface area contributed by atoms with Crippen molar-refractivity contribution in [2.75, 3.05) is 31.6 Å². The van der Waals surface area contributed by atoms with Crippen LogP contribution in [0.1, 0.15) is 15.9 Å². The number of ether oxygens (including phenoxy) is 1. The summed E-state index contributed by atoms with van der Waals surface area (Å²) in [5.41, 5.74) is 1.02. The number of hydrogen-bond donors (Lipinski definition) is 1. The molecule has 1 amide bonds. The van der Waals surface area contributed by atoms with Gasteiger partial charge in [0.2, 0.25) is 10.0 Å². The molecule has 0 aromatic heterocycles. The van der Waals surface area contributed by atoms with Gasteiger partial charge in [-0.3, -0.25) is 4.79 Å². The summed E-state index contributed by atoms with van der Waals surface area (Å²) in [6.07, 6.45) is 0. The molecule has 1 heterocycles. The molecule has 1 aliphatic rings. The third-order valence-corrected chi connectivity index (χ3v) is 6.11. The van der Waals surface area contributed by atoms with Crippen LogP contribution in [0.3, 0.4) is 0 Å². The van der Waals surface area contributed by atoms with E-state index in [9.17, 15) is 17.6 Å². The summed E-state index contributed by atoms with van der Waals surface area (Å²) in [4.78, 5) is 12.6. The Bertz CT molecular complexity index is 925. The maximum atomic E-state index is 13.2. The van der Waals surface area contributed by atoms with Gasteiger partial charge in [0.15, 0.2) is 0 Å². The van der Waals surface area contributed by atoms with Gasteiger partial charge >= 0.3 is 0 Å². The lowest BCUT2D eigenvalue weighted by Crippen LogP contribution is -2.41. The largest absolute Gasteiger partial charge is 0.379 e. The van der Waals surface area contributed by atoms with Gasteiger partial charge in [-0.15, -0.1) is 0 Å². The van der Waals surface area contributed by atoms with Crippen LogP contribution in [0, 0.1) is 12.7 Å². The molecule has 1 aliphatic heterocycles. The lowest BCUT2D eigenvalue weighted by molar-refractivity contribution is 0.0730. The number of aryl methyl sites for hydroxylation is 1. The molecular weight excluding hydrogens is 359 g/mol. The van der Waals surface area contributed by atoms with Gasteiger partial charge in [-0.2, -0.15) is 4.31 Å². The van der Waals surface area contributed by atoms with E-state index in [0.29, 0.717) is 24.5 Å². The van der Waals surface area contributed by atoms with E-state index in [1.807, 2.05) is 0 Å². The van der Waals surface area contributed by atoms with E-state index in [4.69, 9.17) is 4.74 Å². The monoisotopic (exact) mass is 378 g/mol. The van der Waals surface area contributed by atoms with Gasteiger partial charge in [0.05, 0.1) is 23.7 Å². The molecule has 6 nitrogen and oxygen atoms in total. The number of rotatable bonds is 4. The smallest absolute Gasteiger partial charge is 0.257 e. The van der Waals surface area contributed by atoms with Gasteiger partial charge in [-0.05, 0) is 42.8 Å². The molecule has 0 radical (unpaired) electrons. The molecule has 1 fully saturated rings. The number of anilines is 1. The van der Waals surface area contributed by atoms with Crippen molar-refractivity contribution in [3.05, 3.63) is 59.4 Å². The number of hydrogen-bond acceptors (Lipinski definition) is 4. The number of nitrogens with zero attached hydrogens (tertiary/aromatic N) is 1. The first-order valence-corrected chi connectivity index (χ1v) is 9.58. The van der Waals surface area contributed by atoms with E-state index in [0.717, 1.165) is 0 Å². The van der Waals surface area contributed by atoms with Crippen molar-refractivity contribution in [2.24, 2.45) is 0 Å². The number of carbonyl (C=O) groups is 1. The van der Waals surface area contributed by atoms with Crippen molar-refractivity contribution in [3.63, 3.8) is 0 Å². The Morgan fingerprint density at radius 2 is 1.85 bits per heavy atom. The predicted molar refractivity (Wildman–Crippen MR) is 95.1 cm³/mol. The van der Waals surface area contributed by atoms with Crippen molar-refractivity contribution in [1.82, 2.24) is 4.31 Å². The topological polar surface area (TPSA) is 75.7 Å². The Kier molecular flexibility index (Phi) is 5.36. The van der Waals surface area contributed by atoms with Gasteiger partial charge in [0.1, 0.15) is 5.82 Å². The molecular formula is C18H19FN2O4S. The third-order valence-electron chi connectivity index (χ3n) is 4.16. The number of nitrogens with one attached hydrogen (secondary N) is 1. The standard InChI is InChI=1S/C18H19FN2O4S/c1-13-12-14(19)6-7-16(13)20-18(22)15-4-2-3-5-17(15)26(23,24)21-8-10-25-11-9-21/h2-7,12H,8-11H2,1H3,(H,20,22). The van der Waals surface area contributed by atoms with Crippen LogP contribution in [0.5, 0.6) is 0 Å². The maximum absolute atomic E-state index is 13.2. The first-order valence-electron chi connectivity index (χ1n) is 8.14. The first-order chi connectivity index (χ1) is 12.4. The van der Waals surface area contributed by atoms with Gasteiger partial charge in [-0.1, -0.05) is 12.1 Å². The average molecular weight is 378 g/mol. The van der Waals surface area contributed by atoms with E-state index in [1.54, 1.807) is 19.1 Å². The Morgan fingerprint density at radius 1 is 1.15 bits per heavy atom. The molecule has 2 aromatic carbocycles. The quantitative estimate of drug-likeness (QED) is 0.887. The van der Waals surface area contributed by atoms with E-state index >= 15 is 0 Å².